The van der Waals surface area contributed by atoms with E-state index in [0.29, 0.717) is 0 Å². The summed E-state index contributed by atoms with van der Waals surface area (Å²) in [6.07, 6.45) is 0. The van der Waals surface area contributed by atoms with Crippen molar-refractivity contribution in [2.24, 2.45) is 0 Å². The standard InChI is InChI=1S/C12H7NO2S.CH4/c14-13(15)8-5-6-12-10(7-8)9-3-1-2-4-11(9)16-12;/h1-7H;1H4. The molecule has 3 aromatic rings. The Balaban J connectivity index is 0.00000108. The SMILES string of the molecule is C.O=[N+]([O-])c1ccc2sc3ccccc3c2c1. The zero-order valence-corrected chi connectivity index (χ0v) is 9.03. The summed E-state index contributed by atoms with van der Waals surface area (Å²) in [5, 5.41) is 12.8. The normalized spacial score (nSPS) is 10.4. The molecule has 0 unspecified atom stereocenters. The number of nitrogens with zero attached hydrogens (tertiary/aromatic N) is 1. The van der Waals surface area contributed by atoms with Crippen LogP contribution in [0.15, 0.2) is 42.5 Å². The number of hydrogen-bond donors (Lipinski definition) is 0. The first kappa shape index (κ1) is 11.5. The minimum absolute atomic E-state index is 0. The van der Waals surface area contributed by atoms with E-state index >= 15 is 0 Å². The summed E-state index contributed by atoms with van der Waals surface area (Å²) in [5.74, 6) is 0. The number of nitro groups is 1. The molecule has 0 saturated carbocycles. The Bertz CT molecular complexity index is 703. The van der Waals surface area contributed by atoms with Crippen LogP contribution in [-0.2, 0) is 0 Å². The molecule has 0 atom stereocenters. The van der Waals surface area contributed by atoms with Crippen LogP contribution in [0.25, 0.3) is 20.2 Å². The summed E-state index contributed by atoms with van der Waals surface area (Å²) >= 11 is 1.66. The van der Waals surface area contributed by atoms with Crippen molar-refractivity contribution in [3.63, 3.8) is 0 Å². The number of thiophene rings is 1. The molecule has 17 heavy (non-hydrogen) atoms. The molecule has 4 heteroatoms. The van der Waals surface area contributed by atoms with Crippen molar-refractivity contribution in [1.82, 2.24) is 0 Å². The molecule has 0 aliphatic carbocycles. The van der Waals surface area contributed by atoms with Crippen molar-refractivity contribution in [2.45, 2.75) is 7.43 Å². The molecule has 0 saturated heterocycles. The molecule has 0 radical (unpaired) electrons. The van der Waals surface area contributed by atoms with E-state index < -0.39 is 0 Å². The lowest BCUT2D eigenvalue weighted by molar-refractivity contribution is -0.384. The summed E-state index contributed by atoms with van der Waals surface area (Å²) in [4.78, 5) is 10.4. The van der Waals surface area contributed by atoms with Gasteiger partial charge in [-0.2, -0.15) is 0 Å². The molecule has 1 aromatic heterocycles. The largest absolute Gasteiger partial charge is 0.270 e. The maximum Gasteiger partial charge on any atom is 0.270 e. The Morgan fingerprint density at radius 3 is 2.47 bits per heavy atom. The maximum absolute atomic E-state index is 10.7. The van der Waals surface area contributed by atoms with E-state index in [2.05, 4.69) is 0 Å². The molecular formula is C13H11NO2S. The number of fused-ring (bicyclic) bond motifs is 3. The molecule has 2 aromatic carbocycles. The van der Waals surface area contributed by atoms with Crippen LogP contribution in [0.3, 0.4) is 0 Å². The average molecular weight is 245 g/mol. The quantitative estimate of drug-likeness (QED) is 0.464. The predicted octanol–water partition coefficient (Wildman–Crippen LogP) is 4.60. The van der Waals surface area contributed by atoms with Gasteiger partial charge in [-0.1, -0.05) is 25.6 Å². The Hall–Kier alpha value is -1.94. The second kappa shape index (κ2) is 4.14. The van der Waals surface area contributed by atoms with E-state index in [1.165, 1.54) is 0 Å². The molecule has 0 N–H and O–H groups in total. The Morgan fingerprint density at radius 2 is 1.71 bits per heavy atom. The summed E-state index contributed by atoms with van der Waals surface area (Å²) in [5.41, 5.74) is 0.149. The highest BCUT2D eigenvalue weighted by Gasteiger charge is 2.10. The summed E-state index contributed by atoms with van der Waals surface area (Å²) in [6.45, 7) is 0. The number of non-ortho nitro benzene ring substituents is 1. The smallest absolute Gasteiger partial charge is 0.258 e. The topological polar surface area (TPSA) is 43.1 Å². The van der Waals surface area contributed by atoms with Gasteiger partial charge in [0.05, 0.1) is 4.92 Å². The zero-order chi connectivity index (χ0) is 11.1. The van der Waals surface area contributed by atoms with Gasteiger partial charge in [0.25, 0.3) is 5.69 Å². The molecule has 0 aliphatic rings. The first-order valence-corrected chi connectivity index (χ1v) is 5.63. The van der Waals surface area contributed by atoms with Crippen LogP contribution in [0, 0.1) is 10.1 Å². The van der Waals surface area contributed by atoms with Crippen molar-refractivity contribution in [2.75, 3.05) is 0 Å². The molecule has 86 valence electrons. The van der Waals surface area contributed by atoms with E-state index in [4.69, 9.17) is 0 Å². The van der Waals surface area contributed by atoms with Crippen LogP contribution in [0.5, 0.6) is 0 Å². The molecule has 0 aliphatic heterocycles. The maximum atomic E-state index is 10.7. The van der Waals surface area contributed by atoms with E-state index in [-0.39, 0.29) is 18.0 Å². The second-order valence-electron chi connectivity index (χ2n) is 3.54. The predicted molar refractivity (Wildman–Crippen MR) is 72.7 cm³/mol. The minimum atomic E-state index is -0.355. The van der Waals surface area contributed by atoms with Gasteiger partial charge in [-0.15, -0.1) is 11.3 Å². The van der Waals surface area contributed by atoms with Crippen molar-refractivity contribution in [3.8, 4) is 0 Å². The summed E-state index contributed by atoms with van der Waals surface area (Å²) in [7, 11) is 0. The average Bonchev–Trinajstić information content (AvgIpc) is 2.66. The molecule has 0 fully saturated rings. The molecule has 1 heterocycles. The van der Waals surface area contributed by atoms with Crippen molar-refractivity contribution in [1.29, 1.82) is 0 Å². The van der Waals surface area contributed by atoms with Crippen LogP contribution >= 0.6 is 11.3 Å². The summed E-state index contributed by atoms with van der Waals surface area (Å²) in [6, 6.07) is 13.0. The first-order chi connectivity index (χ1) is 7.75. The number of rotatable bonds is 1. The lowest BCUT2D eigenvalue weighted by Crippen LogP contribution is -1.85. The lowest BCUT2D eigenvalue weighted by atomic mass is 10.1. The van der Waals surface area contributed by atoms with Crippen LogP contribution in [0.1, 0.15) is 7.43 Å². The summed E-state index contributed by atoms with van der Waals surface area (Å²) < 4.78 is 2.25. The zero-order valence-electron chi connectivity index (χ0n) is 8.21. The van der Waals surface area contributed by atoms with Gasteiger partial charge in [-0.05, 0) is 12.1 Å². The highest BCUT2D eigenvalue weighted by molar-refractivity contribution is 7.25. The Labute approximate surface area is 102 Å². The van der Waals surface area contributed by atoms with Gasteiger partial charge < -0.3 is 0 Å². The third-order valence-electron chi connectivity index (χ3n) is 2.57. The highest BCUT2D eigenvalue weighted by atomic mass is 32.1. The fraction of sp³-hybridized carbons (Fsp3) is 0.0769. The van der Waals surface area contributed by atoms with E-state index in [1.807, 2.05) is 30.3 Å². The van der Waals surface area contributed by atoms with Gasteiger partial charge in [0.2, 0.25) is 0 Å². The Morgan fingerprint density at radius 1 is 1.00 bits per heavy atom. The van der Waals surface area contributed by atoms with Gasteiger partial charge in [0.15, 0.2) is 0 Å². The van der Waals surface area contributed by atoms with Crippen LogP contribution in [0.4, 0.5) is 5.69 Å². The van der Waals surface area contributed by atoms with Crippen LogP contribution in [-0.4, -0.2) is 4.92 Å². The second-order valence-corrected chi connectivity index (χ2v) is 4.62. The lowest BCUT2D eigenvalue weighted by Gasteiger charge is -1.92. The van der Waals surface area contributed by atoms with Crippen LogP contribution in [0.2, 0.25) is 0 Å². The van der Waals surface area contributed by atoms with Gasteiger partial charge in [-0.3, -0.25) is 10.1 Å². The molecular weight excluding hydrogens is 234 g/mol. The van der Waals surface area contributed by atoms with Gasteiger partial charge in [-0.25, -0.2) is 0 Å². The third-order valence-corrected chi connectivity index (χ3v) is 3.72. The monoisotopic (exact) mass is 245 g/mol. The van der Waals surface area contributed by atoms with Crippen molar-refractivity contribution >= 4 is 37.2 Å². The van der Waals surface area contributed by atoms with E-state index in [0.717, 1.165) is 20.2 Å². The highest BCUT2D eigenvalue weighted by Crippen LogP contribution is 2.35. The van der Waals surface area contributed by atoms with Crippen LogP contribution < -0.4 is 0 Å². The van der Waals surface area contributed by atoms with Crippen molar-refractivity contribution < 1.29 is 4.92 Å². The minimum Gasteiger partial charge on any atom is -0.258 e. The van der Waals surface area contributed by atoms with Crippen molar-refractivity contribution in [3.05, 3.63) is 52.6 Å². The molecule has 0 spiro atoms. The Kier molecular flexibility index (Phi) is 2.81. The van der Waals surface area contributed by atoms with Gasteiger partial charge in [0.1, 0.15) is 0 Å². The van der Waals surface area contributed by atoms with Gasteiger partial charge >= 0.3 is 0 Å². The molecule has 3 nitrogen and oxygen atoms in total. The van der Waals surface area contributed by atoms with E-state index in [1.54, 1.807) is 23.5 Å². The fourth-order valence-electron chi connectivity index (χ4n) is 1.83. The van der Waals surface area contributed by atoms with E-state index in [9.17, 15) is 10.1 Å². The third kappa shape index (κ3) is 1.76. The first-order valence-electron chi connectivity index (χ1n) is 4.81. The molecule has 0 amide bonds. The molecule has 0 bridgehead atoms. The fourth-order valence-corrected chi connectivity index (χ4v) is 2.91. The van der Waals surface area contributed by atoms with Gasteiger partial charge in [0, 0.05) is 32.3 Å². The molecule has 3 rings (SSSR count). The number of nitro benzene ring substituents is 1. The number of hydrogen-bond acceptors (Lipinski definition) is 3. The number of benzene rings is 2.